The van der Waals surface area contributed by atoms with Crippen LogP contribution in [0.5, 0.6) is 0 Å². The number of benzene rings is 3. The molecule has 0 radical (unpaired) electrons. The minimum atomic E-state index is -2.55. The molecule has 0 unspecified atom stereocenters. The molecule has 0 spiro atoms. The molecule has 6 heterocycles. The number of carbonyl (C=O) groups excluding carboxylic acids is 1. The lowest BCUT2D eigenvalue weighted by atomic mass is 9.91. The van der Waals surface area contributed by atoms with Crippen molar-refractivity contribution < 1.29 is 22.9 Å². The molecule has 3 aliphatic rings. The van der Waals surface area contributed by atoms with Gasteiger partial charge in [-0.15, -0.1) is 0 Å². The summed E-state index contributed by atoms with van der Waals surface area (Å²) in [7, 11) is -0.993. The first kappa shape index (κ1) is 39.2. The third-order valence-corrected chi connectivity index (χ3v) is 14.9. The summed E-state index contributed by atoms with van der Waals surface area (Å²) >= 11 is 0. The van der Waals surface area contributed by atoms with Gasteiger partial charge in [-0.1, -0.05) is 13.0 Å². The molecule has 6 aromatic rings. The summed E-state index contributed by atoms with van der Waals surface area (Å²) in [5, 5.41) is 6.11. The number of carbonyl (C=O) groups is 1. The number of halogens is 1. The van der Waals surface area contributed by atoms with Gasteiger partial charge in [0.2, 0.25) is 0 Å². The number of nitrogens with zero attached hydrogens (tertiary/aromatic N) is 7. The van der Waals surface area contributed by atoms with Crippen molar-refractivity contribution in [1.82, 2.24) is 28.4 Å². The highest BCUT2D eigenvalue weighted by molar-refractivity contribution is 7.93. The van der Waals surface area contributed by atoms with Crippen molar-refractivity contribution in [3.05, 3.63) is 123 Å². The van der Waals surface area contributed by atoms with Crippen LogP contribution in [0.25, 0.3) is 28.1 Å². The first-order valence-corrected chi connectivity index (χ1v) is 22.2. The van der Waals surface area contributed by atoms with Gasteiger partial charge in [0.05, 0.1) is 38.9 Å². The van der Waals surface area contributed by atoms with E-state index < -0.39 is 15.8 Å². The molecule has 2 saturated heterocycles. The van der Waals surface area contributed by atoms with Crippen LogP contribution in [-0.2, 0) is 32.2 Å². The monoisotopic (exact) mass is 819 g/mol. The Morgan fingerprint density at radius 2 is 1.66 bits per heavy atom. The van der Waals surface area contributed by atoms with Crippen molar-refractivity contribution in [1.29, 1.82) is 0 Å². The zero-order valence-electron chi connectivity index (χ0n) is 34.2. The molecule has 3 aromatic carbocycles. The van der Waals surface area contributed by atoms with Gasteiger partial charge in [0.25, 0.3) is 5.91 Å². The molecule has 3 aromatic heterocycles. The highest BCUT2D eigenvalue weighted by Gasteiger charge is 2.37. The molecule has 0 aliphatic carbocycles. The largest absolute Gasteiger partial charge is 0.381 e. The van der Waals surface area contributed by atoms with Crippen molar-refractivity contribution in [2.45, 2.75) is 82.9 Å². The third kappa shape index (κ3) is 6.74. The number of hydrogen-bond donors (Lipinski definition) is 0. The molecule has 59 heavy (non-hydrogen) atoms. The number of fused-ring (bicyclic) bond motifs is 2. The van der Waals surface area contributed by atoms with Gasteiger partial charge in [0, 0.05) is 85.9 Å². The van der Waals surface area contributed by atoms with Crippen LogP contribution in [0.2, 0.25) is 0 Å². The highest BCUT2D eigenvalue weighted by atomic mass is 32.2. The lowest BCUT2D eigenvalue weighted by molar-refractivity contribution is -0.0588. The molecule has 0 saturated carbocycles. The second kappa shape index (κ2) is 15.4. The number of rotatable bonds is 9. The van der Waals surface area contributed by atoms with E-state index in [1.165, 1.54) is 10.1 Å². The Morgan fingerprint density at radius 3 is 2.32 bits per heavy atom. The molecular weight excluding hydrogens is 770 g/mol. The first-order chi connectivity index (χ1) is 28.5. The predicted octanol–water partition coefficient (Wildman–Crippen LogP) is 7.44. The molecule has 14 heteroatoms. The smallest absolute Gasteiger partial charge is 0.338 e. The predicted molar refractivity (Wildman–Crippen MR) is 225 cm³/mol. The van der Waals surface area contributed by atoms with Crippen LogP contribution in [0.3, 0.4) is 0 Å². The molecule has 308 valence electrons. The zero-order valence-corrected chi connectivity index (χ0v) is 35.0. The van der Waals surface area contributed by atoms with Crippen molar-refractivity contribution >= 4 is 26.5 Å². The highest BCUT2D eigenvalue weighted by Crippen LogP contribution is 2.38. The Labute approximate surface area is 343 Å². The summed E-state index contributed by atoms with van der Waals surface area (Å²) in [6, 6.07) is 18.6. The summed E-state index contributed by atoms with van der Waals surface area (Å²) in [4.78, 5) is 32.0. The number of imidazole rings is 1. The number of aryl methyl sites for hydroxylation is 2. The summed E-state index contributed by atoms with van der Waals surface area (Å²) in [5.41, 5.74) is 6.14. The summed E-state index contributed by atoms with van der Waals surface area (Å²) < 4.78 is 50.8. The van der Waals surface area contributed by atoms with E-state index in [4.69, 9.17) is 14.6 Å². The van der Waals surface area contributed by atoms with Crippen molar-refractivity contribution in [2.24, 2.45) is 4.36 Å². The van der Waals surface area contributed by atoms with E-state index in [2.05, 4.69) is 27.1 Å². The summed E-state index contributed by atoms with van der Waals surface area (Å²) in [6.45, 7) is 10.5. The molecule has 1 amide bonds. The number of ether oxygens (including phenoxy) is 2. The Balaban J connectivity index is 1.14. The van der Waals surface area contributed by atoms with Gasteiger partial charge < -0.3 is 18.9 Å². The maximum atomic E-state index is 15.0. The number of aromatic nitrogens is 5. The van der Waals surface area contributed by atoms with Crippen LogP contribution in [0, 0.1) is 19.7 Å². The lowest BCUT2D eigenvalue weighted by Gasteiger charge is -2.34. The Bertz CT molecular complexity index is 2760. The van der Waals surface area contributed by atoms with Crippen LogP contribution in [0.15, 0.2) is 87.1 Å². The fourth-order valence-corrected chi connectivity index (χ4v) is 10.4. The maximum absolute atomic E-state index is 15.0. The molecular formula is C45H50FN7O5S. The van der Waals surface area contributed by atoms with Gasteiger partial charge in [-0.2, -0.15) is 5.10 Å². The van der Waals surface area contributed by atoms with Crippen LogP contribution in [-0.4, -0.2) is 83.8 Å². The van der Waals surface area contributed by atoms with E-state index in [9.17, 15) is 9.00 Å². The minimum Gasteiger partial charge on any atom is -0.381 e. The fourth-order valence-electron chi connectivity index (χ4n) is 9.07. The van der Waals surface area contributed by atoms with Crippen molar-refractivity contribution in [3.63, 3.8) is 0 Å². The Morgan fingerprint density at radius 1 is 0.949 bits per heavy atom. The average molecular weight is 820 g/mol. The van der Waals surface area contributed by atoms with E-state index >= 15 is 9.18 Å². The second-order valence-electron chi connectivity index (χ2n) is 16.0. The Hall–Kier alpha value is -5.31. The second-order valence-corrected chi connectivity index (χ2v) is 18.7. The quantitative estimate of drug-likeness (QED) is 0.150. The van der Waals surface area contributed by atoms with E-state index in [0.717, 1.165) is 61.2 Å². The standard InChI is InChI=1S/C45H50FN7O5S/c1-6-59(56,47-5)37-10-8-34(9-11-37)50-18-19-51(45(50)55)43-41-30(4)49(17-13-38(41)48-53(43)35-23-28(2)42(46)29(3)24-35)44(54)40-26-33-25-32(31-14-20-57-21-15-31)7-12-39(33)52(40)27-36-16-22-58-36/h7-12,18-19,23-26,30-31,36H,6,13-17,20-22,27H2,1-5H3/t30-,36+,59+/m0/s1. The molecule has 2 fully saturated rings. The fraction of sp³-hybridized carbons (Fsp3) is 0.400. The Kier molecular flexibility index (Phi) is 10.2. The SMILES string of the molecule is CC[S@](=O)(=NC)c1ccc(-n2ccn(-c3c4c(nn3-c3cc(C)c(F)c(C)c3)CCN(C(=O)c3cc5cc(C6CCOCC6)ccc5n3C[C@H]3CCO3)[C@H]4C)c2=O)cc1. The van der Waals surface area contributed by atoms with Gasteiger partial charge in [0.15, 0.2) is 0 Å². The molecule has 0 N–H and O–H groups in total. The van der Waals surface area contributed by atoms with Gasteiger partial charge >= 0.3 is 5.69 Å². The van der Waals surface area contributed by atoms with E-state index in [-0.39, 0.29) is 23.5 Å². The van der Waals surface area contributed by atoms with E-state index in [0.29, 0.717) is 70.1 Å². The number of amides is 1. The van der Waals surface area contributed by atoms with E-state index in [1.807, 2.05) is 24.8 Å². The topological polar surface area (TPSA) is 118 Å². The number of hydrogen-bond acceptors (Lipinski definition) is 7. The van der Waals surface area contributed by atoms with Crippen LogP contribution in [0.4, 0.5) is 4.39 Å². The van der Waals surface area contributed by atoms with Gasteiger partial charge in [-0.25, -0.2) is 22.4 Å². The molecule has 3 atom stereocenters. The molecule has 3 aliphatic heterocycles. The summed E-state index contributed by atoms with van der Waals surface area (Å²) in [6.07, 6.45) is 6.78. The van der Waals surface area contributed by atoms with Crippen LogP contribution < -0.4 is 5.69 Å². The third-order valence-electron chi connectivity index (χ3n) is 12.6. The molecule has 0 bridgehead atoms. The maximum Gasteiger partial charge on any atom is 0.338 e. The molecule has 9 rings (SSSR count). The van der Waals surface area contributed by atoms with Crippen LogP contribution >= 0.6 is 0 Å². The average Bonchev–Trinajstić information content (AvgIpc) is 3.93. The normalized spacial score (nSPS) is 19.4. The van der Waals surface area contributed by atoms with Gasteiger partial charge in [0.1, 0.15) is 17.3 Å². The van der Waals surface area contributed by atoms with Crippen LogP contribution in [0.1, 0.15) is 83.5 Å². The van der Waals surface area contributed by atoms with E-state index in [1.54, 1.807) is 78.9 Å². The van der Waals surface area contributed by atoms with Gasteiger partial charge in [-0.05, 0) is 117 Å². The van der Waals surface area contributed by atoms with Crippen molar-refractivity contribution in [2.75, 3.05) is 39.2 Å². The van der Waals surface area contributed by atoms with Gasteiger partial charge in [-0.3, -0.25) is 13.9 Å². The van der Waals surface area contributed by atoms with Crippen molar-refractivity contribution in [3.8, 4) is 17.2 Å². The first-order valence-electron chi connectivity index (χ1n) is 20.6. The zero-order chi connectivity index (χ0) is 41.2. The molecule has 12 nitrogen and oxygen atoms in total. The summed E-state index contributed by atoms with van der Waals surface area (Å²) in [5.74, 6) is 0.881. The minimum absolute atomic E-state index is 0.0367. The lowest BCUT2D eigenvalue weighted by Crippen LogP contribution is -2.41.